The largest absolute Gasteiger partial charge is 0.339 e. The summed E-state index contributed by atoms with van der Waals surface area (Å²) in [6.45, 7) is 4.98. The zero-order valence-corrected chi connectivity index (χ0v) is 9.88. The molecule has 1 aromatic rings. The van der Waals surface area contributed by atoms with Crippen LogP contribution >= 0.6 is 12.4 Å². The van der Waals surface area contributed by atoms with Gasteiger partial charge >= 0.3 is 0 Å². The zero-order chi connectivity index (χ0) is 9.97. The standard InChI is InChI=1S/C9H16N4O.ClH/c1-3-8-11-9(12-14-8)7-6-10-4-5-13(7)2;/h7,10H,3-6H2,1-2H3;1H. The van der Waals surface area contributed by atoms with Crippen molar-refractivity contribution in [2.45, 2.75) is 19.4 Å². The molecule has 1 fully saturated rings. The number of hydrogen-bond donors (Lipinski definition) is 1. The first-order valence-corrected chi connectivity index (χ1v) is 5.04. The first-order chi connectivity index (χ1) is 6.81. The number of aromatic nitrogens is 2. The van der Waals surface area contributed by atoms with Gasteiger partial charge in [-0.2, -0.15) is 4.98 Å². The molecule has 1 aliphatic heterocycles. The van der Waals surface area contributed by atoms with Crippen LogP contribution in [0.2, 0.25) is 0 Å². The van der Waals surface area contributed by atoms with Crippen molar-refractivity contribution in [1.82, 2.24) is 20.4 Å². The maximum Gasteiger partial charge on any atom is 0.226 e. The van der Waals surface area contributed by atoms with Crippen LogP contribution in [-0.2, 0) is 6.42 Å². The Bertz CT molecular complexity index is 304. The van der Waals surface area contributed by atoms with Gasteiger partial charge < -0.3 is 9.84 Å². The van der Waals surface area contributed by atoms with Crippen molar-refractivity contribution in [3.8, 4) is 0 Å². The lowest BCUT2D eigenvalue weighted by Crippen LogP contribution is -2.44. The molecule has 2 heterocycles. The molecule has 0 bridgehead atoms. The molecular formula is C9H17ClN4O. The highest BCUT2D eigenvalue weighted by Gasteiger charge is 2.24. The number of aryl methyl sites for hydroxylation is 1. The van der Waals surface area contributed by atoms with Gasteiger partial charge in [-0.05, 0) is 7.05 Å². The van der Waals surface area contributed by atoms with Crippen LogP contribution in [0.15, 0.2) is 4.52 Å². The van der Waals surface area contributed by atoms with Crippen molar-refractivity contribution >= 4 is 12.4 Å². The van der Waals surface area contributed by atoms with Crippen LogP contribution in [0.1, 0.15) is 24.7 Å². The maximum atomic E-state index is 5.10. The number of halogens is 1. The minimum absolute atomic E-state index is 0. The quantitative estimate of drug-likeness (QED) is 0.811. The van der Waals surface area contributed by atoms with E-state index < -0.39 is 0 Å². The Morgan fingerprint density at radius 2 is 2.40 bits per heavy atom. The molecule has 1 saturated heterocycles. The van der Waals surface area contributed by atoms with Crippen molar-refractivity contribution in [3.05, 3.63) is 11.7 Å². The molecule has 1 N–H and O–H groups in total. The van der Waals surface area contributed by atoms with Crippen LogP contribution < -0.4 is 5.32 Å². The van der Waals surface area contributed by atoms with Crippen LogP contribution in [0.4, 0.5) is 0 Å². The average Bonchev–Trinajstić information content (AvgIpc) is 2.67. The summed E-state index contributed by atoms with van der Waals surface area (Å²) in [7, 11) is 2.09. The van der Waals surface area contributed by atoms with E-state index in [-0.39, 0.29) is 18.4 Å². The van der Waals surface area contributed by atoms with Gasteiger partial charge in [0.1, 0.15) is 0 Å². The highest BCUT2D eigenvalue weighted by molar-refractivity contribution is 5.85. The van der Waals surface area contributed by atoms with Crippen LogP contribution in [0, 0.1) is 0 Å². The molecule has 86 valence electrons. The van der Waals surface area contributed by atoms with E-state index in [9.17, 15) is 0 Å². The van der Waals surface area contributed by atoms with Gasteiger partial charge in [0.2, 0.25) is 5.89 Å². The fourth-order valence-corrected chi connectivity index (χ4v) is 1.64. The minimum atomic E-state index is 0. The van der Waals surface area contributed by atoms with Crippen LogP contribution in [0.3, 0.4) is 0 Å². The number of likely N-dealkylation sites (N-methyl/N-ethyl adjacent to an activating group) is 1. The molecule has 0 aromatic carbocycles. The number of piperazine rings is 1. The second kappa shape index (κ2) is 5.44. The zero-order valence-electron chi connectivity index (χ0n) is 9.06. The Labute approximate surface area is 95.6 Å². The van der Waals surface area contributed by atoms with Crippen LogP contribution in [-0.4, -0.2) is 41.7 Å². The topological polar surface area (TPSA) is 54.2 Å². The summed E-state index contributed by atoms with van der Waals surface area (Å²) < 4.78 is 5.10. The smallest absolute Gasteiger partial charge is 0.226 e. The number of rotatable bonds is 2. The molecule has 1 unspecified atom stereocenters. The molecule has 1 atom stereocenters. The second-order valence-electron chi connectivity index (χ2n) is 3.60. The van der Waals surface area contributed by atoms with Gasteiger partial charge in [0.25, 0.3) is 0 Å². The Morgan fingerprint density at radius 3 is 3.00 bits per heavy atom. The van der Waals surface area contributed by atoms with Crippen molar-refractivity contribution in [2.75, 3.05) is 26.7 Å². The number of nitrogens with one attached hydrogen (secondary N) is 1. The van der Waals surface area contributed by atoms with Gasteiger partial charge in [-0.15, -0.1) is 12.4 Å². The molecule has 0 aliphatic carbocycles. The number of nitrogens with zero attached hydrogens (tertiary/aromatic N) is 3. The van der Waals surface area contributed by atoms with Crippen LogP contribution in [0.25, 0.3) is 0 Å². The molecule has 0 radical (unpaired) electrons. The molecule has 0 amide bonds. The van der Waals surface area contributed by atoms with E-state index in [1.54, 1.807) is 0 Å². The molecule has 0 spiro atoms. The third kappa shape index (κ3) is 2.68. The second-order valence-corrected chi connectivity index (χ2v) is 3.60. The number of hydrogen-bond acceptors (Lipinski definition) is 5. The molecule has 1 aliphatic rings. The Hall–Kier alpha value is -0.650. The molecule has 0 saturated carbocycles. The summed E-state index contributed by atoms with van der Waals surface area (Å²) in [5.41, 5.74) is 0. The normalized spacial score (nSPS) is 22.4. The first-order valence-electron chi connectivity index (χ1n) is 5.04. The highest BCUT2D eigenvalue weighted by atomic mass is 35.5. The Balaban J connectivity index is 0.00000112. The lowest BCUT2D eigenvalue weighted by Gasteiger charge is -2.30. The lowest BCUT2D eigenvalue weighted by atomic mass is 10.2. The SMILES string of the molecule is CCc1nc(C2CNCCN2C)no1.Cl. The van der Waals surface area contributed by atoms with Crippen molar-refractivity contribution < 1.29 is 4.52 Å². The van der Waals surface area contributed by atoms with Gasteiger partial charge in [0.05, 0.1) is 6.04 Å². The van der Waals surface area contributed by atoms with Crippen molar-refractivity contribution in [3.63, 3.8) is 0 Å². The van der Waals surface area contributed by atoms with E-state index in [1.165, 1.54) is 0 Å². The van der Waals surface area contributed by atoms with Crippen LogP contribution in [0.5, 0.6) is 0 Å². The summed E-state index contributed by atoms with van der Waals surface area (Å²) in [6, 6.07) is 0.257. The summed E-state index contributed by atoms with van der Waals surface area (Å²) in [5, 5.41) is 7.32. The predicted molar refractivity (Wildman–Crippen MR) is 59.2 cm³/mol. The van der Waals surface area contributed by atoms with E-state index in [4.69, 9.17) is 4.52 Å². The van der Waals surface area contributed by atoms with E-state index in [0.717, 1.165) is 37.8 Å². The monoisotopic (exact) mass is 232 g/mol. The fourth-order valence-electron chi connectivity index (χ4n) is 1.64. The average molecular weight is 233 g/mol. The summed E-state index contributed by atoms with van der Waals surface area (Å²) in [6.07, 6.45) is 0.802. The predicted octanol–water partition coefficient (Wildman–Crippen LogP) is 0.630. The summed E-state index contributed by atoms with van der Waals surface area (Å²) in [5.74, 6) is 1.52. The molecule has 2 rings (SSSR count). The summed E-state index contributed by atoms with van der Waals surface area (Å²) in [4.78, 5) is 6.59. The van der Waals surface area contributed by atoms with Gasteiger partial charge in [-0.3, -0.25) is 4.90 Å². The third-order valence-corrected chi connectivity index (χ3v) is 2.60. The molecule has 6 heteroatoms. The first kappa shape index (κ1) is 12.4. The lowest BCUT2D eigenvalue weighted by molar-refractivity contribution is 0.190. The molecule has 15 heavy (non-hydrogen) atoms. The van der Waals surface area contributed by atoms with Gasteiger partial charge in [0.15, 0.2) is 5.82 Å². The summed E-state index contributed by atoms with van der Waals surface area (Å²) >= 11 is 0. The highest BCUT2D eigenvalue weighted by Crippen LogP contribution is 2.17. The van der Waals surface area contributed by atoms with E-state index >= 15 is 0 Å². The van der Waals surface area contributed by atoms with Gasteiger partial charge in [0, 0.05) is 26.1 Å². The van der Waals surface area contributed by atoms with E-state index in [1.807, 2.05) is 6.92 Å². The Kier molecular flexibility index (Phi) is 4.50. The molecule has 1 aromatic heterocycles. The van der Waals surface area contributed by atoms with E-state index in [0.29, 0.717) is 0 Å². The molecule has 5 nitrogen and oxygen atoms in total. The maximum absolute atomic E-state index is 5.10. The molecular weight excluding hydrogens is 216 g/mol. The van der Waals surface area contributed by atoms with Crippen molar-refractivity contribution in [1.29, 1.82) is 0 Å². The fraction of sp³-hybridized carbons (Fsp3) is 0.778. The van der Waals surface area contributed by atoms with E-state index in [2.05, 4.69) is 27.4 Å². The van der Waals surface area contributed by atoms with Crippen molar-refractivity contribution in [2.24, 2.45) is 0 Å². The van der Waals surface area contributed by atoms with Gasteiger partial charge in [-0.1, -0.05) is 12.1 Å². The Morgan fingerprint density at radius 1 is 1.60 bits per heavy atom. The minimum Gasteiger partial charge on any atom is -0.339 e. The van der Waals surface area contributed by atoms with Gasteiger partial charge in [-0.25, -0.2) is 0 Å². The third-order valence-electron chi connectivity index (χ3n) is 2.60.